The molecule has 1 aliphatic heterocycles. The monoisotopic (exact) mass is 365 g/mol. The molecule has 0 bridgehead atoms. The highest BCUT2D eigenvalue weighted by atomic mass is 16.3. The molecule has 3 nitrogen and oxygen atoms in total. The second kappa shape index (κ2) is 7.65. The Bertz CT molecular complexity index is 739. The lowest BCUT2D eigenvalue weighted by Gasteiger charge is -2.29. The van der Waals surface area contributed by atoms with Gasteiger partial charge in [-0.05, 0) is 61.8 Å². The minimum atomic E-state index is -0.259. The zero-order valence-corrected chi connectivity index (χ0v) is 16.2. The SMILES string of the molecule is CCC(O)C1(c2ccc(N3CCC(O)C3CCc3ccccc3)cc2)CC1. The van der Waals surface area contributed by atoms with Gasteiger partial charge in [-0.2, -0.15) is 0 Å². The highest BCUT2D eigenvalue weighted by molar-refractivity contribution is 5.52. The first kappa shape index (κ1) is 18.5. The Morgan fingerprint density at radius 1 is 1.07 bits per heavy atom. The summed E-state index contributed by atoms with van der Waals surface area (Å²) in [4.78, 5) is 2.37. The van der Waals surface area contributed by atoms with Crippen molar-refractivity contribution in [3.63, 3.8) is 0 Å². The van der Waals surface area contributed by atoms with Gasteiger partial charge in [0.05, 0.1) is 18.2 Å². The summed E-state index contributed by atoms with van der Waals surface area (Å²) in [6.07, 6.45) is 5.27. The standard InChI is InChI=1S/C24H31NO2/c1-2-23(27)24(15-16-24)19-9-11-20(12-10-19)25-17-14-22(26)21(25)13-8-18-6-4-3-5-7-18/h3-7,9-12,21-23,26-27H,2,8,13-17H2,1H3. The molecule has 0 aromatic heterocycles. The molecule has 2 N–H and O–H groups in total. The Morgan fingerprint density at radius 2 is 1.78 bits per heavy atom. The molecule has 3 heteroatoms. The lowest BCUT2D eigenvalue weighted by molar-refractivity contribution is 0.127. The molecule has 3 atom stereocenters. The molecule has 2 aromatic rings. The summed E-state index contributed by atoms with van der Waals surface area (Å²) in [7, 11) is 0. The number of benzene rings is 2. The lowest BCUT2D eigenvalue weighted by Crippen LogP contribution is -2.35. The molecule has 4 rings (SSSR count). The summed E-state index contributed by atoms with van der Waals surface area (Å²) in [6.45, 7) is 2.96. The smallest absolute Gasteiger partial charge is 0.0760 e. The summed E-state index contributed by atoms with van der Waals surface area (Å²) in [6, 6.07) is 19.5. The summed E-state index contributed by atoms with van der Waals surface area (Å²) in [5.41, 5.74) is 3.78. The fourth-order valence-electron chi connectivity index (χ4n) is 4.79. The van der Waals surface area contributed by atoms with E-state index >= 15 is 0 Å². The van der Waals surface area contributed by atoms with Crippen LogP contribution >= 0.6 is 0 Å². The molecule has 0 radical (unpaired) electrons. The van der Waals surface area contributed by atoms with Crippen LogP contribution in [0.4, 0.5) is 5.69 Å². The first-order valence-electron chi connectivity index (χ1n) is 10.4. The van der Waals surface area contributed by atoms with E-state index in [2.05, 4.69) is 60.4 Å². The largest absolute Gasteiger partial charge is 0.392 e. The van der Waals surface area contributed by atoms with Crippen molar-refractivity contribution in [3.8, 4) is 0 Å². The normalized spacial score (nSPS) is 24.8. The van der Waals surface area contributed by atoms with Crippen LogP contribution in [-0.2, 0) is 11.8 Å². The van der Waals surface area contributed by atoms with Gasteiger partial charge >= 0.3 is 0 Å². The third-order valence-corrected chi connectivity index (χ3v) is 6.67. The molecule has 144 valence electrons. The zero-order valence-electron chi connectivity index (χ0n) is 16.2. The maximum absolute atomic E-state index is 10.5. The zero-order chi connectivity index (χ0) is 18.9. The number of nitrogens with zero attached hydrogens (tertiary/aromatic N) is 1. The second-order valence-electron chi connectivity index (χ2n) is 8.27. The van der Waals surface area contributed by atoms with E-state index in [0.717, 1.165) is 45.1 Å². The van der Waals surface area contributed by atoms with E-state index in [1.165, 1.54) is 16.8 Å². The van der Waals surface area contributed by atoms with E-state index in [4.69, 9.17) is 0 Å². The molecule has 1 saturated carbocycles. The Kier molecular flexibility index (Phi) is 5.25. The molecular formula is C24H31NO2. The predicted molar refractivity (Wildman–Crippen MR) is 110 cm³/mol. The Morgan fingerprint density at radius 3 is 2.41 bits per heavy atom. The summed E-state index contributed by atoms with van der Waals surface area (Å²) in [5, 5.41) is 20.9. The van der Waals surface area contributed by atoms with Crippen molar-refractivity contribution in [3.05, 3.63) is 65.7 Å². The Hall–Kier alpha value is -1.84. The van der Waals surface area contributed by atoms with Crippen molar-refractivity contribution >= 4 is 5.69 Å². The van der Waals surface area contributed by atoms with E-state index in [0.29, 0.717) is 0 Å². The van der Waals surface area contributed by atoms with E-state index in [9.17, 15) is 10.2 Å². The first-order valence-corrected chi connectivity index (χ1v) is 10.4. The van der Waals surface area contributed by atoms with Crippen LogP contribution < -0.4 is 4.90 Å². The fourth-order valence-corrected chi connectivity index (χ4v) is 4.79. The van der Waals surface area contributed by atoms with E-state index in [-0.39, 0.29) is 23.7 Å². The number of aliphatic hydroxyl groups excluding tert-OH is 2. The van der Waals surface area contributed by atoms with Crippen LogP contribution in [0.2, 0.25) is 0 Å². The number of hydrogen-bond acceptors (Lipinski definition) is 3. The van der Waals surface area contributed by atoms with Gasteiger partial charge < -0.3 is 15.1 Å². The van der Waals surface area contributed by atoms with Gasteiger partial charge in [-0.3, -0.25) is 0 Å². The molecule has 0 spiro atoms. The lowest BCUT2D eigenvalue weighted by atomic mass is 9.88. The van der Waals surface area contributed by atoms with Gasteiger partial charge in [-0.15, -0.1) is 0 Å². The van der Waals surface area contributed by atoms with Crippen molar-refractivity contribution in [2.24, 2.45) is 0 Å². The van der Waals surface area contributed by atoms with Crippen molar-refractivity contribution < 1.29 is 10.2 Å². The minimum absolute atomic E-state index is 0.00941. The van der Waals surface area contributed by atoms with E-state index in [1.54, 1.807) is 0 Å². The third kappa shape index (κ3) is 3.63. The molecule has 1 heterocycles. The Balaban J connectivity index is 1.47. The fraction of sp³-hybridized carbons (Fsp3) is 0.500. The molecule has 27 heavy (non-hydrogen) atoms. The molecule has 2 fully saturated rings. The van der Waals surface area contributed by atoms with Crippen molar-refractivity contribution in [2.45, 2.75) is 69.1 Å². The molecule has 0 amide bonds. The molecule has 1 saturated heterocycles. The number of rotatable bonds is 7. The summed E-state index contributed by atoms with van der Waals surface area (Å²) >= 11 is 0. The van der Waals surface area contributed by atoms with Crippen LogP contribution in [0.1, 0.15) is 50.2 Å². The number of aliphatic hydroxyl groups is 2. The predicted octanol–water partition coefficient (Wildman–Crippen LogP) is 4.06. The van der Waals surface area contributed by atoms with Gasteiger partial charge in [0.1, 0.15) is 0 Å². The van der Waals surface area contributed by atoms with E-state index in [1.807, 2.05) is 6.07 Å². The van der Waals surface area contributed by atoms with Crippen molar-refractivity contribution in [1.82, 2.24) is 0 Å². The molecule has 2 aromatic carbocycles. The average molecular weight is 366 g/mol. The molecular weight excluding hydrogens is 334 g/mol. The minimum Gasteiger partial charge on any atom is -0.392 e. The van der Waals surface area contributed by atoms with Crippen LogP contribution in [0.15, 0.2) is 54.6 Å². The maximum atomic E-state index is 10.5. The summed E-state index contributed by atoms with van der Waals surface area (Å²) in [5.74, 6) is 0. The van der Waals surface area contributed by atoms with Crippen LogP contribution in [0.25, 0.3) is 0 Å². The van der Waals surface area contributed by atoms with Crippen molar-refractivity contribution in [2.75, 3.05) is 11.4 Å². The van der Waals surface area contributed by atoms with Gasteiger partial charge in [0.2, 0.25) is 0 Å². The van der Waals surface area contributed by atoms with Crippen LogP contribution in [-0.4, -0.2) is 35.0 Å². The highest BCUT2D eigenvalue weighted by Crippen LogP contribution is 2.52. The maximum Gasteiger partial charge on any atom is 0.0760 e. The van der Waals surface area contributed by atoms with Crippen LogP contribution in [0, 0.1) is 0 Å². The third-order valence-electron chi connectivity index (χ3n) is 6.67. The van der Waals surface area contributed by atoms with Crippen LogP contribution in [0.3, 0.4) is 0 Å². The van der Waals surface area contributed by atoms with Crippen LogP contribution in [0.5, 0.6) is 0 Å². The van der Waals surface area contributed by atoms with Gasteiger partial charge in [0.15, 0.2) is 0 Å². The quantitative estimate of drug-likeness (QED) is 0.778. The first-order chi connectivity index (χ1) is 13.1. The van der Waals surface area contributed by atoms with Crippen molar-refractivity contribution in [1.29, 1.82) is 0 Å². The second-order valence-corrected chi connectivity index (χ2v) is 8.27. The van der Waals surface area contributed by atoms with Gasteiger partial charge in [0, 0.05) is 17.6 Å². The number of anilines is 1. The highest BCUT2D eigenvalue weighted by Gasteiger charge is 2.49. The van der Waals surface area contributed by atoms with Gasteiger partial charge in [-0.25, -0.2) is 0 Å². The number of hydrogen-bond donors (Lipinski definition) is 2. The number of aryl methyl sites for hydroxylation is 1. The topological polar surface area (TPSA) is 43.7 Å². The summed E-state index contributed by atoms with van der Waals surface area (Å²) < 4.78 is 0. The van der Waals surface area contributed by atoms with E-state index < -0.39 is 0 Å². The molecule has 2 aliphatic rings. The molecule has 1 aliphatic carbocycles. The average Bonchev–Trinajstić information content (AvgIpc) is 3.45. The Labute approximate surface area is 162 Å². The molecule has 3 unspecified atom stereocenters. The van der Waals surface area contributed by atoms with Gasteiger partial charge in [0.25, 0.3) is 0 Å². The van der Waals surface area contributed by atoms with Gasteiger partial charge in [-0.1, -0.05) is 49.4 Å².